The van der Waals surface area contributed by atoms with Crippen molar-refractivity contribution in [2.45, 2.75) is 18.5 Å². The number of carboxylic acids is 1. The molecule has 0 saturated heterocycles. The fourth-order valence-corrected chi connectivity index (χ4v) is 1.22. The summed E-state index contributed by atoms with van der Waals surface area (Å²) in [6.07, 6.45) is -5.74. The zero-order chi connectivity index (χ0) is 11.6. The number of carbonyl (C=O) groups is 1. The van der Waals surface area contributed by atoms with Crippen LogP contribution < -0.4 is 0 Å². The fourth-order valence-electron chi connectivity index (χ4n) is 1.07. The molecule has 84 valence electrons. The lowest BCUT2D eigenvalue weighted by Crippen LogP contribution is -2.23. The number of halogens is 4. The summed E-state index contributed by atoms with van der Waals surface area (Å²) in [7, 11) is 0. The van der Waals surface area contributed by atoms with Crippen molar-refractivity contribution in [2.75, 3.05) is 0 Å². The summed E-state index contributed by atoms with van der Waals surface area (Å²) in [6, 6.07) is 2.15. The number of furan rings is 1. The van der Waals surface area contributed by atoms with Gasteiger partial charge < -0.3 is 9.52 Å². The summed E-state index contributed by atoms with van der Waals surface area (Å²) in [5.41, 5.74) is 0. The Kier molecular flexibility index (Phi) is 3.28. The van der Waals surface area contributed by atoms with E-state index in [4.69, 9.17) is 16.7 Å². The molecule has 0 bridgehead atoms. The largest absolute Gasteiger partial charge is 0.481 e. The number of carboxylic acid groups (broad SMARTS) is 1. The Balaban J connectivity index is 2.96. The maximum atomic E-state index is 12.4. The monoisotopic (exact) mass is 242 g/mol. The Bertz CT molecular complexity index is 358. The minimum absolute atomic E-state index is 0.204. The summed E-state index contributed by atoms with van der Waals surface area (Å²) in [5, 5.41) is 8.14. The van der Waals surface area contributed by atoms with E-state index in [1.807, 2.05) is 0 Å². The van der Waals surface area contributed by atoms with Gasteiger partial charge in [0.05, 0.1) is 6.42 Å². The molecule has 0 radical (unpaired) electrons. The molecule has 1 aromatic heterocycles. The first kappa shape index (κ1) is 11.9. The summed E-state index contributed by atoms with van der Waals surface area (Å²) >= 11 is 5.31. The van der Waals surface area contributed by atoms with Crippen molar-refractivity contribution in [1.29, 1.82) is 0 Å². The number of alkyl halides is 3. The SMILES string of the molecule is O=C(O)CC(c1ccc(Cl)o1)C(F)(F)F. The molecule has 1 aromatic rings. The van der Waals surface area contributed by atoms with Crippen molar-refractivity contribution in [3.8, 4) is 0 Å². The van der Waals surface area contributed by atoms with Crippen molar-refractivity contribution in [3.63, 3.8) is 0 Å². The van der Waals surface area contributed by atoms with Crippen LogP contribution in [0.2, 0.25) is 5.22 Å². The molecule has 1 N–H and O–H groups in total. The predicted molar refractivity (Wildman–Crippen MR) is 44.8 cm³/mol. The zero-order valence-electron chi connectivity index (χ0n) is 7.21. The van der Waals surface area contributed by atoms with Crippen LogP contribution in [-0.2, 0) is 4.79 Å². The molecule has 0 saturated carbocycles. The first-order valence-electron chi connectivity index (χ1n) is 3.84. The molecule has 1 rings (SSSR count). The number of rotatable bonds is 3. The van der Waals surface area contributed by atoms with Crippen LogP contribution in [0.25, 0.3) is 0 Å². The van der Waals surface area contributed by atoms with Crippen LogP contribution in [0.3, 0.4) is 0 Å². The van der Waals surface area contributed by atoms with Gasteiger partial charge in [-0.3, -0.25) is 4.79 Å². The van der Waals surface area contributed by atoms with Crippen LogP contribution in [-0.4, -0.2) is 17.3 Å². The fraction of sp³-hybridized carbons (Fsp3) is 0.375. The van der Waals surface area contributed by atoms with E-state index in [9.17, 15) is 18.0 Å². The zero-order valence-corrected chi connectivity index (χ0v) is 7.97. The van der Waals surface area contributed by atoms with Gasteiger partial charge in [0.25, 0.3) is 0 Å². The summed E-state index contributed by atoms with van der Waals surface area (Å²) in [6.45, 7) is 0. The molecule has 0 aliphatic heterocycles. The van der Waals surface area contributed by atoms with E-state index >= 15 is 0 Å². The standard InChI is InChI=1S/C8H6ClF3O3/c9-6-2-1-5(15-6)4(3-7(13)14)8(10,11)12/h1-2,4H,3H2,(H,13,14). The smallest absolute Gasteiger partial charge is 0.399 e. The van der Waals surface area contributed by atoms with E-state index in [0.717, 1.165) is 12.1 Å². The lowest BCUT2D eigenvalue weighted by molar-refractivity contribution is -0.166. The lowest BCUT2D eigenvalue weighted by Gasteiger charge is -2.15. The maximum absolute atomic E-state index is 12.4. The highest BCUT2D eigenvalue weighted by molar-refractivity contribution is 6.28. The molecule has 0 amide bonds. The molecule has 7 heteroatoms. The molecule has 0 aromatic carbocycles. The summed E-state index contributed by atoms with van der Waals surface area (Å²) < 4.78 is 41.8. The Labute approximate surface area is 87.4 Å². The topological polar surface area (TPSA) is 50.4 Å². The van der Waals surface area contributed by atoms with Gasteiger partial charge in [0.1, 0.15) is 11.7 Å². The number of hydrogen-bond acceptors (Lipinski definition) is 2. The number of aliphatic carboxylic acids is 1. The highest BCUT2D eigenvalue weighted by Gasteiger charge is 2.44. The third-order valence-electron chi connectivity index (χ3n) is 1.71. The molecule has 3 nitrogen and oxygen atoms in total. The Morgan fingerprint density at radius 2 is 2.13 bits per heavy atom. The van der Waals surface area contributed by atoms with Crippen molar-refractivity contribution < 1.29 is 27.5 Å². The van der Waals surface area contributed by atoms with E-state index < -0.39 is 30.2 Å². The van der Waals surface area contributed by atoms with E-state index in [-0.39, 0.29) is 5.22 Å². The molecule has 1 unspecified atom stereocenters. The number of hydrogen-bond donors (Lipinski definition) is 1. The maximum Gasteiger partial charge on any atom is 0.399 e. The van der Waals surface area contributed by atoms with Gasteiger partial charge in [0, 0.05) is 0 Å². The van der Waals surface area contributed by atoms with Crippen molar-refractivity contribution >= 4 is 17.6 Å². The second-order valence-electron chi connectivity index (χ2n) is 2.83. The van der Waals surface area contributed by atoms with Gasteiger partial charge in [-0.1, -0.05) is 0 Å². The second-order valence-corrected chi connectivity index (χ2v) is 3.21. The highest BCUT2D eigenvalue weighted by Crippen LogP contribution is 2.38. The van der Waals surface area contributed by atoms with Gasteiger partial charge in [-0.25, -0.2) is 0 Å². The van der Waals surface area contributed by atoms with Gasteiger partial charge in [0.2, 0.25) is 0 Å². The first-order chi connectivity index (χ1) is 6.80. The van der Waals surface area contributed by atoms with Gasteiger partial charge in [-0.15, -0.1) is 0 Å². The first-order valence-corrected chi connectivity index (χ1v) is 4.22. The van der Waals surface area contributed by atoms with Gasteiger partial charge in [-0.05, 0) is 23.7 Å². The normalized spacial score (nSPS) is 13.9. The van der Waals surface area contributed by atoms with Crippen molar-refractivity contribution in [3.05, 3.63) is 23.1 Å². The van der Waals surface area contributed by atoms with Crippen molar-refractivity contribution in [2.24, 2.45) is 0 Å². The Morgan fingerprint density at radius 1 is 1.53 bits per heavy atom. The molecular weight excluding hydrogens is 237 g/mol. The highest BCUT2D eigenvalue weighted by atomic mass is 35.5. The summed E-state index contributed by atoms with van der Waals surface area (Å²) in [5.74, 6) is -4.21. The average molecular weight is 243 g/mol. The third kappa shape index (κ3) is 3.16. The molecular formula is C8H6ClF3O3. The molecule has 15 heavy (non-hydrogen) atoms. The molecule has 0 spiro atoms. The predicted octanol–water partition coefficient (Wildman–Crippen LogP) is 3.05. The Morgan fingerprint density at radius 3 is 2.47 bits per heavy atom. The van der Waals surface area contributed by atoms with E-state index in [1.165, 1.54) is 0 Å². The van der Waals surface area contributed by atoms with Gasteiger partial charge in [-0.2, -0.15) is 13.2 Å². The second kappa shape index (κ2) is 4.14. The van der Waals surface area contributed by atoms with E-state index in [2.05, 4.69) is 4.42 Å². The summed E-state index contributed by atoms with van der Waals surface area (Å²) in [4.78, 5) is 10.3. The van der Waals surface area contributed by atoms with E-state index in [1.54, 1.807) is 0 Å². The molecule has 0 fully saturated rings. The van der Waals surface area contributed by atoms with Crippen LogP contribution in [0.1, 0.15) is 18.1 Å². The van der Waals surface area contributed by atoms with E-state index in [0.29, 0.717) is 0 Å². The molecule has 1 atom stereocenters. The van der Waals surface area contributed by atoms with Gasteiger partial charge in [0.15, 0.2) is 5.22 Å². The Hall–Kier alpha value is -1.17. The van der Waals surface area contributed by atoms with Crippen LogP contribution in [0, 0.1) is 0 Å². The van der Waals surface area contributed by atoms with Crippen LogP contribution in [0.15, 0.2) is 16.5 Å². The van der Waals surface area contributed by atoms with Crippen LogP contribution >= 0.6 is 11.6 Å². The quantitative estimate of drug-likeness (QED) is 0.886. The van der Waals surface area contributed by atoms with Crippen LogP contribution in [0.4, 0.5) is 13.2 Å². The third-order valence-corrected chi connectivity index (χ3v) is 1.91. The van der Waals surface area contributed by atoms with Gasteiger partial charge >= 0.3 is 12.1 Å². The molecule has 0 aliphatic carbocycles. The molecule has 0 aliphatic rings. The minimum Gasteiger partial charge on any atom is -0.481 e. The lowest BCUT2D eigenvalue weighted by atomic mass is 10.0. The van der Waals surface area contributed by atoms with Crippen molar-refractivity contribution in [1.82, 2.24) is 0 Å². The average Bonchev–Trinajstić information content (AvgIpc) is 2.45. The molecule has 1 heterocycles. The van der Waals surface area contributed by atoms with Crippen LogP contribution in [0.5, 0.6) is 0 Å². The minimum atomic E-state index is -4.67.